The fraction of sp³-hybridized carbons (Fsp3) is 0.318. The molecule has 0 bridgehead atoms. The highest BCUT2D eigenvalue weighted by Gasteiger charge is 2.24. The van der Waals surface area contributed by atoms with Crippen LogP contribution in [-0.2, 0) is 6.54 Å². The molecule has 1 amide bonds. The van der Waals surface area contributed by atoms with Gasteiger partial charge in [-0.05, 0) is 61.6 Å². The molecule has 1 aliphatic rings. The molecule has 0 radical (unpaired) electrons. The van der Waals surface area contributed by atoms with Crippen LogP contribution in [0.5, 0.6) is 5.75 Å². The zero-order valence-corrected chi connectivity index (χ0v) is 15.2. The highest BCUT2D eigenvalue weighted by Crippen LogP contribution is 2.24. The van der Waals surface area contributed by atoms with Gasteiger partial charge in [-0.1, -0.05) is 18.2 Å². The van der Waals surface area contributed by atoms with Gasteiger partial charge >= 0.3 is 6.09 Å². The van der Waals surface area contributed by atoms with Gasteiger partial charge in [0.25, 0.3) is 0 Å². The first-order valence-corrected chi connectivity index (χ1v) is 9.45. The summed E-state index contributed by atoms with van der Waals surface area (Å²) in [4.78, 5) is 14.1. The van der Waals surface area contributed by atoms with Crippen molar-refractivity contribution in [2.24, 2.45) is 5.92 Å². The third kappa shape index (κ3) is 4.13. The first kappa shape index (κ1) is 17.6. The molecular weight excluding hydrogens is 343 g/mol. The molecule has 1 saturated heterocycles. The predicted octanol–water partition coefficient (Wildman–Crippen LogP) is 5.08. The van der Waals surface area contributed by atoms with Gasteiger partial charge < -0.3 is 14.2 Å². The summed E-state index contributed by atoms with van der Waals surface area (Å²) in [6.07, 6.45) is 4.78. The number of halogens is 1. The highest BCUT2D eigenvalue weighted by molar-refractivity contribution is 5.80. The Labute approximate surface area is 158 Å². The number of hydrogen-bond donors (Lipinski definition) is 0. The maximum absolute atomic E-state index is 13.3. The van der Waals surface area contributed by atoms with Crippen molar-refractivity contribution in [2.75, 3.05) is 13.1 Å². The van der Waals surface area contributed by atoms with Gasteiger partial charge in [-0.25, -0.2) is 9.18 Å². The number of likely N-dealkylation sites (tertiary alicyclic amines) is 1. The Bertz CT molecular complexity index is 914. The second-order valence-electron chi connectivity index (χ2n) is 7.11. The molecule has 3 aromatic rings. The molecule has 1 aromatic heterocycles. The number of piperidine rings is 1. The van der Waals surface area contributed by atoms with Gasteiger partial charge in [0.2, 0.25) is 0 Å². The fourth-order valence-electron chi connectivity index (χ4n) is 3.75. The lowest BCUT2D eigenvalue weighted by atomic mass is 9.94. The highest BCUT2D eigenvalue weighted by atomic mass is 19.1. The van der Waals surface area contributed by atoms with E-state index in [-0.39, 0.29) is 11.9 Å². The standard InChI is InChI=1S/C22H23FN2O2/c23-19-6-7-21-18(16-19)11-15-24(21)12-8-17-9-13-25(14-10-17)22(26)27-20-4-2-1-3-5-20/h1-7,11,15-17H,8-10,12-14H2. The summed E-state index contributed by atoms with van der Waals surface area (Å²) in [6.45, 7) is 2.37. The molecule has 0 spiro atoms. The number of para-hydroxylation sites is 1. The average molecular weight is 366 g/mol. The number of rotatable bonds is 4. The largest absolute Gasteiger partial charge is 0.415 e. The normalized spacial score (nSPS) is 15.2. The van der Waals surface area contributed by atoms with Gasteiger partial charge in [-0.3, -0.25) is 0 Å². The van der Waals surface area contributed by atoms with E-state index in [2.05, 4.69) is 4.57 Å². The van der Waals surface area contributed by atoms with Crippen molar-refractivity contribution >= 4 is 17.0 Å². The molecule has 0 atom stereocenters. The number of ether oxygens (including phenoxy) is 1. The number of amides is 1. The van der Waals surface area contributed by atoms with Crippen LogP contribution in [0.3, 0.4) is 0 Å². The summed E-state index contributed by atoms with van der Waals surface area (Å²) in [6, 6.07) is 16.1. The molecule has 0 N–H and O–H groups in total. The zero-order valence-electron chi connectivity index (χ0n) is 15.2. The van der Waals surface area contributed by atoms with Crippen molar-refractivity contribution < 1.29 is 13.9 Å². The lowest BCUT2D eigenvalue weighted by Gasteiger charge is -2.31. The van der Waals surface area contributed by atoms with Gasteiger partial charge in [-0.2, -0.15) is 0 Å². The van der Waals surface area contributed by atoms with Crippen LogP contribution >= 0.6 is 0 Å². The number of benzene rings is 2. The molecular formula is C22H23FN2O2. The number of aromatic nitrogens is 1. The van der Waals surface area contributed by atoms with Gasteiger partial charge in [0, 0.05) is 36.7 Å². The summed E-state index contributed by atoms with van der Waals surface area (Å²) >= 11 is 0. The van der Waals surface area contributed by atoms with Crippen LogP contribution < -0.4 is 4.74 Å². The molecule has 1 fully saturated rings. The van der Waals surface area contributed by atoms with Crippen molar-refractivity contribution in [2.45, 2.75) is 25.8 Å². The van der Waals surface area contributed by atoms with E-state index in [1.807, 2.05) is 36.5 Å². The van der Waals surface area contributed by atoms with Gasteiger partial charge in [0.05, 0.1) is 0 Å². The molecule has 0 saturated carbocycles. The Hall–Kier alpha value is -2.82. The minimum absolute atomic E-state index is 0.199. The Morgan fingerprint density at radius 2 is 1.85 bits per heavy atom. The number of carbonyl (C=O) groups is 1. The molecule has 5 heteroatoms. The maximum Gasteiger partial charge on any atom is 0.415 e. The van der Waals surface area contributed by atoms with Crippen LogP contribution in [0.1, 0.15) is 19.3 Å². The molecule has 2 aromatic carbocycles. The minimum atomic E-state index is -0.266. The number of aryl methyl sites for hydroxylation is 1. The Balaban J connectivity index is 1.27. The van der Waals surface area contributed by atoms with Gasteiger partial charge in [0.1, 0.15) is 11.6 Å². The quantitative estimate of drug-likeness (QED) is 0.645. The third-order valence-electron chi connectivity index (χ3n) is 5.33. The first-order valence-electron chi connectivity index (χ1n) is 9.45. The third-order valence-corrected chi connectivity index (χ3v) is 5.33. The lowest BCUT2D eigenvalue weighted by molar-refractivity contribution is 0.128. The predicted molar refractivity (Wildman–Crippen MR) is 103 cm³/mol. The van der Waals surface area contributed by atoms with Crippen LogP contribution in [0, 0.1) is 11.7 Å². The van der Waals surface area contributed by atoms with Crippen molar-refractivity contribution in [1.29, 1.82) is 0 Å². The molecule has 27 heavy (non-hydrogen) atoms. The topological polar surface area (TPSA) is 34.5 Å². The summed E-state index contributed by atoms with van der Waals surface area (Å²) in [5.41, 5.74) is 1.07. The monoisotopic (exact) mass is 366 g/mol. The summed E-state index contributed by atoms with van der Waals surface area (Å²) in [5, 5.41) is 0.938. The molecule has 2 heterocycles. The smallest absolute Gasteiger partial charge is 0.410 e. The second kappa shape index (κ2) is 7.82. The second-order valence-corrected chi connectivity index (χ2v) is 7.11. The Morgan fingerprint density at radius 1 is 1.07 bits per heavy atom. The maximum atomic E-state index is 13.3. The number of nitrogens with zero attached hydrogens (tertiary/aromatic N) is 2. The molecule has 0 unspecified atom stereocenters. The fourth-order valence-corrected chi connectivity index (χ4v) is 3.75. The summed E-state index contributed by atoms with van der Waals surface area (Å²) < 4.78 is 20.9. The van der Waals surface area contributed by atoms with E-state index >= 15 is 0 Å². The van der Waals surface area contributed by atoms with E-state index in [4.69, 9.17) is 4.74 Å². The number of hydrogen-bond acceptors (Lipinski definition) is 2. The minimum Gasteiger partial charge on any atom is -0.410 e. The van der Waals surface area contributed by atoms with Crippen LogP contribution in [0.15, 0.2) is 60.8 Å². The lowest BCUT2D eigenvalue weighted by Crippen LogP contribution is -2.40. The van der Waals surface area contributed by atoms with E-state index in [1.165, 1.54) is 6.07 Å². The summed E-state index contributed by atoms with van der Waals surface area (Å²) in [7, 11) is 0. The number of fused-ring (bicyclic) bond motifs is 1. The number of carbonyl (C=O) groups excluding carboxylic acids is 1. The van der Waals surface area contributed by atoms with Gasteiger partial charge in [-0.15, -0.1) is 0 Å². The van der Waals surface area contributed by atoms with Crippen LogP contribution in [0.2, 0.25) is 0 Å². The van der Waals surface area contributed by atoms with Crippen LogP contribution in [0.25, 0.3) is 10.9 Å². The molecule has 4 rings (SSSR count). The molecule has 4 nitrogen and oxygen atoms in total. The SMILES string of the molecule is O=C(Oc1ccccc1)N1CCC(CCn2ccc3cc(F)ccc32)CC1. The molecule has 140 valence electrons. The van der Waals surface area contributed by atoms with Crippen LogP contribution in [-0.4, -0.2) is 28.6 Å². The van der Waals surface area contributed by atoms with Gasteiger partial charge in [0.15, 0.2) is 0 Å². The van der Waals surface area contributed by atoms with Crippen LogP contribution in [0.4, 0.5) is 9.18 Å². The van der Waals surface area contributed by atoms with E-state index in [1.54, 1.807) is 23.1 Å². The van der Waals surface area contributed by atoms with E-state index in [0.717, 1.165) is 49.8 Å². The Morgan fingerprint density at radius 3 is 2.63 bits per heavy atom. The summed E-state index contributed by atoms with van der Waals surface area (Å²) in [5.74, 6) is 0.972. The van der Waals surface area contributed by atoms with E-state index in [9.17, 15) is 9.18 Å². The van der Waals surface area contributed by atoms with Crippen molar-refractivity contribution in [3.05, 3.63) is 66.6 Å². The van der Waals surface area contributed by atoms with Crippen molar-refractivity contribution in [3.8, 4) is 5.75 Å². The molecule has 1 aliphatic heterocycles. The van der Waals surface area contributed by atoms with E-state index in [0.29, 0.717) is 11.7 Å². The zero-order chi connectivity index (χ0) is 18.6. The van der Waals surface area contributed by atoms with Crippen molar-refractivity contribution in [1.82, 2.24) is 9.47 Å². The average Bonchev–Trinajstić information content (AvgIpc) is 3.09. The molecule has 0 aliphatic carbocycles. The first-order chi connectivity index (χ1) is 13.2. The van der Waals surface area contributed by atoms with E-state index < -0.39 is 0 Å². The van der Waals surface area contributed by atoms with Crippen molar-refractivity contribution in [3.63, 3.8) is 0 Å². The Kier molecular flexibility index (Phi) is 5.10.